The van der Waals surface area contributed by atoms with Gasteiger partial charge in [0.15, 0.2) is 0 Å². The Bertz CT molecular complexity index is 791. The van der Waals surface area contributed by atoms with Crippen molar-refractivity contribution in [3.8, 4) is 0 Å². The van der Waals surface area contributed by atoms with Crippen molar-refractivity contribution >= 4 is 23.6 Å². The predicted octanol–water partition coefficient (Wildman–Crippen LogP) is 4.47. The van der Waals surface area contributed by atoms with Crippen molar-refractivity contribution in [3.63, 3.8) is 0 Å². The SMILES string of the molecule is CC(C)(C)OC(=O)C(C)(C)CC(N)C(=O)N[C@@H](CC1CCCCC1)[C@@H](O)CCSc1ccccn1. The van der Waals surface area contributed by atoms with Gasteiger partial charge in [0.05, 0.1) is 28.6 Å². The molecule has 1 aromatic heterocycles. The number of thioether (sulfide) groups is 1. The molecule has 0 spiro atoms. The Morgan fingerprint density at radius 1 is 1.20 bits per heavy atom. The second kappa shape index (κ2) is 13.6. The first kappa shape index (κ1) is 29.6. The van der Waals surface area contributed by atoms with E-state index in [1.54, 1.807) is 31.8 Å². The lowest BCUT2D eigenvalue weighted by atomic mass is 9.83. The molecular formula is C27H45N3O4S. The van der Waals surface area contributed by atoms with E-state index in [1.807, 2.05) is 39.0 Å². The maximum Gasteiger partial charge on any atom is 0.312 e. The van der Waals surface area contributed by atoms with Crippen molar-refractivity contribution in [2.45, 2.75) is 115 Å². The van der Waals surface area contributed by atoms with Gasteiger partial charge in [-0.3, -0.25) is 9.59 Å². The molecule has 0 aliphatic heterocycles. The molecule has 1 aliphatic carbocycles. The maximum absolute atomic E-state index is 13.1. The van der Waals surface area contributed by atoms with E-state index in [1.165, 1.54) is 19.3 Å². The quantitative estimate of drug-likeness (QED) is 0.282. The summed E-state index contributed by atoms with van der Waals surface area (Å²) < 4.78 is 5.51. The molecule has 1 saturated carbocycles. The minimum atomic E-state index is -0.902. The number of nitrogens with one attached hydrogen (secondary N) is 1. The maximum atomic E-state index is 13.1. The summed E-state index contributed by atoms with van der Waals surface area (Å²) in [5.74, 6) is 0.478. The number of aliphatic hydroxyl groups is 1. The minimum Gasteiger partial charge on any atom is -0.460 e. The lowest BCUT2D eigenvalue weighted by Gasteiger charge is -2.32. The van der Waals surface area contributed by atoms with E-state index < -0.39 is 23.2 Å². The summed E-state index contributed by atoms with van der Waals surface area (Å²) in [6, 6.07) is 4.52. The third kappa shape index (κ3) is 10.9. The zero-order valence-electron chi connectivity index (χ0n) is 22.1. The van der Waals surface area contributed by atoms with Gasteiger partial charge in [0.2, 0.25) is 5.91 Å². The number of nitrogens with two attached hydrogens (primary N) is 1. The van der Waals surface area contributed by atoms with Gasteiger partial charge in [-0.15, -0.1) is 11.8 Å². The number of pyridine rings is 1. The number of aliphatic hydroxyl groups excluding tert-OH is 1. The van der Waals surface area contributed by atoms with Crippen molar-refractivity contribution in [1.29, 1.82) is 0 Å². The zero-order valence-corrected chi connectivity index (χ0v) is 22.9. The monoisotopic (exact) mass is 507 g/mol. The average Bonchev–Trinajstić information content (AvgIpc) is 2.78. The molecule has 0 aromatic carbocycles. The molecule has 1 aromatic rings. The minimum absolute atomic E-state index is 0.162. The van der Waals surface area contributed by atoms with Crippen LogP contribution in [0.15, 0.2) is 29.4 Å². The van der Waals surface area contributed by atoms with Crippen LogP contribution in [0.4, 0.5) is 0 Å². The summed E-state index contributed by atoms with van der Waals surface area (Å²) in [6.45, 7) is 8.94. The average molecular weight is 508 g/mol. The molecule has 1 unspecified atom stereocenters. The smallest absolute Gasteiger partial charge is 0.312 e. The summed E-state index contributed by atoms with van der Waals surface area (Å²) in [7, 11) is 0. The van der Waals surface area contributed by atoms with Crippen LogP contribution in [-0.4, -0.2) is 51.5 Å². The first-order valence-electron chi connectivity index (χ1n) is 12.9. The summed E-state index contributed by atoms with van der Waals surface area (Å²) in [5, 5.41) is 15.0. The van der Waals surface area contributed by atoms with Gasteiger partial charge in [0, 0.05) is 11.9 Å². The number of carbonyl (C=O) groups excluding carboxylic acids is 2. The Morgan fingerprint density at radius 3 is 2.49 bits per heavy atom. The van der Waals surface area contributed by atoms with Crippen LogP contribution in [0.2, 0.25) is 0 Å². The molecule has 0 radical (unpaired) electrons. The number of hydrogen-bond acceptors (Lipinski definition) is 7. The Morgan fingerprint density at radius 2 is 1.89 bits per heavy atom. The highest BCUT2D eigenvalue weighted by molar-refractivity contribution is 7.99. The Labute approximate surface area is 215 Å². The van der Waals surface area contributed by atoms with Crippen molar-refractivity contribution in [2.24, 2.45) is 17.1 Å². The van der Waals surface area contributed by atoms with Gasteiger partial charge in [-0.2, -0.15) is 0 Å². The van der Waals surface area contributed by atoms with Crippen LogP contribution < -0.4 is 11.1 Å². The number of ether oxygens (including phenoxy) is 1. The molecule has 1 fully saturated rings. The van der Waals surface area contributed by atoms with Crippen LogP contribution in [0.25, 0.3) is 0 Å². The highest BCUT2D eigenvalue weighted by Gasteiger charge is 2.37. The first-order chi connectivity index (χ1) is 16.4. The van der Waals surface area contributed by atoms with Gasteiger partial charge in [-0.05, 0) is 71.9 Å². The normalized spacial score (nSPS) is 17.9. The number of carbonyl (C=O) groups is 2. The molecule has 0 bridgehead atoms. The van der Waals surface area contributed by atoms with E-state index in [-0.39, 0.29) is 24.3 Å². The predicted molar refractivity (Wildman–Crippen MR) is 141 cm³/mol. The van der Waals surface area contributed by atoms with Crippen LogP contribution in [0.5, 0.6) is 0 Å². The number of aromatic nitrogens is 1. The number of rotatable bonds is 12. The molecule has 4 N–H and O–H groups in total. The molecular weight excluding hydrogens is 462 g/mol. The summed E-state index contributed by atoms with van der Waals surface area (Å²) >= 11 is 1.59. The van der Waals surface area contributed by atoms with E-state index in [2.05, 4.69) is 10.3 Å². The summed E-state index contributed by atoms with van der Waals surface area (Å²) in [6.07, 6.45) is 8.41. The first-order valence-corrected chi connectivity index (χ1v) is 13.9. The molecule has 7 nitrogen and oxygen atoms in total. The van der Waals surface area contributed by atoms with Gasteiger partial charge in [-0.25, -0.2) is 4.98 Å². The number of hydrogen-bond donors (Lipinski definition) is 3. The third-order valence-electron chi connectivity index (χ3n) is 6.42. The second-order valence-corrected chi connectivity index (χ2v) is 12.5. The third-order valence-corrected chi connectivity index (χ3v) is 7.40. The van der Waals surface area contributed by atoms with Gasteiger partial charge in [-0.1, -0.05) is 38.2 Å². The molecule has 1 aliphatic rings. The molecule has 2 rings (SSSR count). The van der Waals surface area contributed by atoms with E-state index >= 15 is 0 Å². The molecule has 198 valence electrons. The van der Waals surface area contributed by atoms with Crippen LogP contribution in [0.1, 0.15) is 86.0 Å². The van der Waals surface area contributed by atoms with E-state index in [9.17, 15) is 14.7 Å². The van der Waals surface area contributed by atoms with Gasteiger partial charge < -0.3 is 20.9 Å². The zero-order chi connectivity index (χ0) is 26.1. The molecule has 1 heterocycles. The highest BCUT2D eigenvalue weighted by Crippen LogP contribution is 2.30. The molecule has 35 heavy (non-hydrogen) atoms. The van der Waals surface area contributed by atoms with E-state index in [0.717, 1.165) is 24.3 Å². The topological polar surface area (TPSA) is 115 Å². The fourth-order valence-corrected chi connectivity index (χ4v) is 5.32. The number of esters is 1. The van der Waals surface area contributed by atoms with Crippen molar-refractivity contribution in [1.82, 2.24) is 10.3 Å². The van der Waals surface area contributed by atoms with E-state index in [0.29, 0.717) is 18.1 Å². The van der Waals surface area contributed by atoms with Crippen molar-refractivity contribution in [3.05, 3.63) is 24.4 Å². The lowest BCUT2D eigenvalue weighted by molar-refractivity contribution is -0.166. The van der Waals surface area contributed by atoms with Gasteiger partial charge in [0.25, 0.3) is 0 Å². The van der Waals surface area contributed by atoms with Crippen LogP contribution in [0.3, 0.4) is 0 Å². The Kier molecular flexibility index (Phi) is 11.5. The standard InChI is InChI=1S/C27H45N3O4S/c1-26(2,3)34-25(33)27(4,5)18-20(28)24(32)30-21(17-19-11-7-6-8-12-19)22(31)14-16-35-23-13-9-10-15-29-23/h9-10,13,15,19-22,31H,6-8,11-12,14,16-18,28H2,1-5H3,(H,30,32)/t20?,21-,22-/m0/s1. The summed E-state index contributed by atoms with van der Waals surface area (Å²) in [5.41, 5.74) is 4.74. The van der Waals surface area contributed by atoms with Crippen LogP contribution in [-0.2, 0) is 14.3 Å². The Hall–Kier alpha value is -1.64. The van der Waals surface area contributed by atoms with Gasteiger partial charge >= 0.3 is 5.97 Å². The molecule has 0 saturated heterocycles. The van der Waals surface area contributed by atoms with Crippen LogP contribution >= 0.6 is 11.8 Å². The molecule has 1 amide bonds. The Balaban J connectivity index is 1.98. The fourth-order valence-electron chi connectivity index (χ4n) is 4.44. The largest absolute Gasteiger partial charge is 0.460 e. The summed E-state index contributed by atoms with van der Waals surface area (Å²) in [4.78, 5) is 30.0. The fraction of sp³-hybridized carbons (Fsp3) is 0.741. The molecule has 8 heteroatoms. The van der Waals surface area contributed by atoms with Crippen LogP contribution in [0, 0.1) is 11.3 Å². The van der Waals surface area contributed by atoms with Crippen molar-refractivity contribution < 1.29 is 19.4 Å². The number of nitrogens with zero attached hydrogens (tertiary/aromatic N) is 1. The molecule has 3 atom stereocenters. The lowest BCUT2D eigenvalue weighted by Crippen LogP contribution is -2.52. The second-order valence-electron chi connectivity index (χ2n) is 11.4. The van der Waals surface area contributed by atoms with Crippen molar-refractivity contribution in [2.75, 3.05) is 5.75 Å². The van der Waals surface area contributed by atoms with E-state index in [4.69, 9.17) is 10.5 Å². The number of amides is 1. The van der Waals surface area contributed by atoms with Gasteiger partial charge in [0.1, 0.15) is 5.60 Å². The highest BCUT2D eigenvalue weighted by atomic mass is 32.2.